The van der Waals surface area contributed by atoms with Crippen LogP contribution in [0.5, 0.6) is 0 Å². The average molecular weight is 210 g/mol. The first-order chi connectivity index (χ1) is 7.04. The van der Waals surface area contributed by atoms with Crippen molar-refractivity contribution in [2.45, 2.75) is 52.9 Å². The highest BCUT2D eigenvalue weighted by molar-refractivity contribution is 5.65. The molecule has 0 aromatic rings. The molecule has 2 heteroatoms. The van der Waals surface area contributed by atoms with Crippen LogP contribution >= 0.6 is 0 Å². The largest absolute Gasteiger partial charge is 0.466 e. The molecule has 15 heavy (non-hydrogen) atoms. The third-order valence-corrected chi connectivity index (χ3v) is 3.30. The van der Waals surface area contributed by atoms with E-state index in [9.17, 15) is 4.79 Å². The van der Waals surface area contributed by atoms with Gasteiger partial charge >= 0.3 is 5.97 Å². The van der Waals surface area contributed by atoms with Crippen molar-refractivity contribution >= 4 is 5.97 Å². The Morgan fingerprint density at radius 1 is 1.33 bits per heavy atom. The zero-order valence-electron chi connectivity index (χ0n) is 10.1. The molecule has 0 aliphatic heterocycles. The second-order valence-corrected chi connectivity index (χ2v) is 4.93. The zero-order chi connectivity index (χ0) is 11.3. The van der Waals surface area contributed by atoms with Gasteiger partial charge in [0, 0.05) is 6.92 Å². The number of carbonyl (C=O) groups is 1. The molecule has 0 bridgehead atoms. The highest BCUT2D eigenvalue weighted by Crippen LogP contribution is 2.47. The van der Waals surface area contributed by atoms with Crippen LogP contribution in [-0.2, 0) is 9.53 Å². The van der Waals surface area contributed by atoms with Gasteiger partial charge in [0.25, 0.3) is 0 Å². The second-order valence-electron chi connectivity index (χ2n) is 4.93. The lowest BCUT2D eigenvalue weighted by Crippen LogP contribution is -2.30. The van der Waals surface area contributed by atoms with E-state index in [1.165, 1.54) is 31.8 Å². The van der Waals surface area contributed by atoms with Gasteiger partial charge in [-0.05, 0) is 44.9 Å². The Labute approximate surface area is 92.7 Å². The van der Waals surface area contributed by atoms with Gasteiger partial charge in [0.05, 0.1) is 6.61 Å². The molecule has 0 unspecified atom stereocenters. The lowest BCUT2D eigenvalue weighted by atomic mass is 9.64. The maximum atomic E-state index is 10.7. The third-order valence-electron chi connectivity index (χ3n) is 3.30. The zero-order valence-corrected chi connectivity index (χ0v) is 10.1. The normalized spacial score (nSPS) is 17.8. The van der Waals surface area contributed by atoms with Gasteiger partial charge in [-0.25, -0.2) is 0 Å². The molecule has 0 amide bonds. The predicted molar refractivity (Wildman–Crippen MR) is 61.6 cm³/mol. The summed E-state index contributed by atoms with van der Waals surface area (Å²) < 4.78 is 5.02. The van der Waals surface area contributed by atoms with Gasteiger partial charge in [0.1, 0.15) is 0 Å². The highest BCUT2D eigenvalue weighted by atomic mass is 16.5. The molecular formula is C13H22O2. The fourth-order valence-electron chi connectivity index (χ4n) is 2.06. The van der Waals surface area contributed by atoms with Crippen LogP contribution in [0.4, 0.5) is 0 Å². The maximum Gasteiger partial charge on any atom is 0.302 e. The van der Waals surface area contributed by atoms with E-state index in [0.717, 1.165) is 12.8 Å². The number of esters is 1. The Bertz CT molecular complexity index is 245. The first-order valence-corrected chi connectivity index (χ1v) is 5.81. The fraction of sp³-hybridized carbons (Fsp3) is 0.769. The van der Waals surface area contributed by atoms with Crippen LogP contribution < -0.4 is 0 Å². The molecule has 0 saturated heterocycles. The van der Waals surface area contributed by atoms with Crippen LogP contribution in [0.3, 0.4) is 0 Å². The minimum atomic E-state index is -0.160. The maximum absolute atomic E-state index is 10.7. The molecule has 0 atom stereocenters. The van der Waals surface area contributed by atoms with Crippen molar-refractivity contribution in [2.75, 3.05) is 6.61 Å². The molecule has 1 aliphatic carbocycles. The Morgan fingerprint density at radius 2 is 2.00 bits per heavy atom. The standard InChI is InChI=1S/C13H22O2/c1-11(2)5-8-13(6-4-7-13)9-10-15-12(3)14/h5H,4,6-10H2,1-3H3. The summed E-state index contributed by atoms with van der Waals surface area (Å²) in [5.41, 5.74) is 1.82. The summed E-state index contributed by atoms with van der Waals surface area (Å²) >= 11 is 0. The molecule has 2 nitrogen and oxygen atoms in total. The van der Waals surface area contributed by atoms with Gasteiger partial charge in [-0.1, -0.05) is 18.1 Å². The van der Waals surface area contributed by atoms with Crippen LogP contribution in [0.15, 0.2) is 11.6 Å². The average Bonchev–Trinajstić information content (AvgIpc) is 2.07. The predicted octanol–water partition coefficient (Wildman–Crippen LogP) is 3.47. The number of ether oxygens (including phenoxy) is 1. The molecule has 0 N–H and O–H groups in total. The van der Waals surface area contributed by atoms with Crippen LogP contribution in [0, 0.1) is 5.41 Å². The van der Waals surface area contributed by atoms with E-state index in [0.29, 0.717) is 12.0 Å². The Morgan fingerprint density at radius 3 is 2.40 bits per heavy atom. The minimum absolute atomic E-state index is 0.160. The molecule has 0 aromatic carbocycles. The minimum Gasteiger partial charge on any atom is -0.466 e. The molecule has 1 aliphatic rings. The summed E-state index contributed by atoms with van der Waals surface area (Å²) in [7, 11) is 0. The van der Waals surface area contributed by atoms with Crippen molar-refractivity contribution in [3.63, 3.8) is 0 Å². The van der Waals surface area contributed by atoms with Crippen molar-refractivity contribution in [1.29, 1.82) is 0 Å². The van der Waals surface area contributed by atoms with Crippen LogP contribution in [-0.4, -0.2) is 12.6 Å². The third kappa shape index (κ3) is 4.06. The first kappa shape index (κ1) is 12.3. The molecule has 1 fully saturated rings. The molecule has 0 spiro atoms. The summed E-state index contributed by atoms with van der Waals surface area (Å²) in [5, 5.41) is 0. The first-order valence-electron chi connectivity index (χ1n) is 5.81. The summed E-state index contributed by atoms with van der Waals surface area (Å²) in [5.74, 6) is -0.160. The molecule has 1 saturated carbocycles. The number of hydrogen-bond acceptors (Lipinski definition) is 2. The number of allylic oxidation sites excluding steroid dienone is 2. The van der Waals surface area contributed by atoms with Gasteiger partial charge in [-0.3, -0.25) is 4.79 Å². The Balaban J connectivity index is 2.33. The quantitative estimate of drug-likeness (QED) is 0.513. The second kappa shape index (κ2) is 5.34. The number of carbonyl (C=O) groups excluding carboxylic acids is 1. The lowest BCUT2D eigenvalue weighted by molar-refractivity contribution is -0.142. The number of rotatable bonds is 5. The molecular weight excluding hydrogens is 188 g/mol. The SMILES string of the molecule is CC(=O)OCCC1(CC=C(C)C)CCC1. The van der Waals surface area contributed by atoms with Crippen LogP contribution in [0.1, 0.15) is 52.9 Å². The van der Waals surface area contributed by atoms with E-state index in [-0.39, 0.29) is 5.97 Å². The van der Waals surface area contributed by atoms with Gasteiger partial charge in [0.2, 0.25) is 0 Å². The Kier molecular flexibility index (Phi) is 4.37. The fourth-order valence-corrected chi connectivity index (χ4v) is 2.06. The van der Waals surface area contributed by atoms with Crippen LogP contribution in [0.2, 0.25) is 0 Å². The Hall–Kier alpha value is -0.790. The van der Waals surface area contributed by atoms with Gasteiger partial charge in [0.15, 0.2) is 0 Å². The van der Waals surface area contributed by atoms with Gasteiger partial charge < -0.3 is 4.74 Å². The molecule has 86 valence electrons. The van der Waals surface area contributed by atoms with Gasteiger partial charge in [-0.2, -0.15) is 0 Å². The van der Waals surface area contributed by atoms with E-state index in [1.807, 2.05) is 0 Å². The van der Waals surface area contributed by atoms with E-state index in [2.05, 4.69) is 19.9 Å². The van der Waals surface area contributed by atoms with E-state index >= 15 is 0 Å². The molecule has 0 aromatic heterocycles. The summed E-state index contributed by atoms with van der Waals surface area (Å²) in [6, 6.07) is 0. The number of hydrogen-bond donors (Lipinski definition) is 0. The van der Waals surface area contributed by atoms with Crippen LogP contribution in [0.25, 0.3) is 0 Å². The summed E-state index contributed by atoms with van der Waals surface area (Å²) in [6.45, 7) is 6.34. The molecule has 1 rings (SSSR count). The smallest absolute Gasteiger partial charge is 0.302 e. The van der Waals surface area contributed by atoms with Gasteiger partial charge in [-0.15, -0.1) is 0 Å². The molecule has 0 heterocycles. The summed E-state index contributed by atoms with van der Waals surface area (Å²) in [4.78, 5) is 10.7. The topological polar surface area (TPSA) is 26.3 Å². The van der Waals surface area contributed by atoms with Crippen molar-refractivity contribution in [2.24, 2.45) is 5.41 Å². The highest BCUT2D eigenvalue weighted by Gasteiger charge is 2.35. The van der Waals surface area contributed by atoms with Crippen molar-refractivity contribution in [1.82, 2.24) is 0 Å². The van der Waals surface area contributed by atoms with Crippen molar-refractivity contribution in [3.8, 4) is 0 Å². The molecule has 0 radical (unpaired) electrons. The summed E-state index contributed by atoms with van der Waals surface area (Å²) in [6.07, 6.45) is 8.40. The van der Waals surface area contributed by atoms with Crippen molar-refractivity contribution in [3.05, 3.63) is 11.6 Å². The van der Waals surface area contributed by atoms with E-state index < -0.39 is 0 Å². The lowest BCUT2D eigenvalue weighted by Gasteiger charge is -2.41. The van der Waals surface area contributed by atoms with Crippen molar-refractivity contribution < 1.29 is 9.53 Å². The van der Waals surface area contributed by atoms with E-state index in [4.69, 9.17) is 4.74 Å². The monoisotopic (exact) mass is 210 g/mol. The van der Waals surface area contributed by atoms with E-state index in [1.54, 1.807) is 0 Å².